The Morgan fingerprint density at radius 3 is 2.84 bits per heavy atom. The van der Waals surface area contributed by atoms with Gasteiger partial charge >= 0.3 is 0 Å². The molecule has 0 spiro atoms. The second kappa shape index (κ2) is 4.98. The van der Waals surface area contributed by atoms with Crippen molar-refractivity contribution in [3.8, 4) is 5.75 Å². The highest BCUT2D eigenvalue weighted by Gasteiger charge is 1.98. The van der Waals surface area contributed by atoms with E-state index >= 15 is 0 Å². The summed E-state index contributed by atoms with van der Waals surface area (Å²) < 4.78 is 10.4. The van der Waals surface area contributed by atoms with Crippen molar-refractivity contribution in [3.63, 3.8) is 0 Å². The zero-order chi connectivity index (χ0) is 13.1. The van der Waals surface area contributed by atoms with Gasteiger partial charge in [-0.3, -0.25) is 0 Å². The summed E-state index contributed by atoms with van der Waals surface area (Å²) in [5.74, 6) is 1.66. The van der Waals surface area contributed by atoms with Crippen LogP contribution < -0.4 is 4.74 Å². The smallest absolute Gasteiger partial charge is 0.126 e. The predicted molar refractivity (Wildman–Crippen MR) is 75.9 cm³/mol. The minimum absolute atomic E-state index is 0.816. The predicted octanol–water partition coefficient (Wildman–Crippen LogP) is 4.01. The van der Waals surface area contributed by atoms with E-state index in [2.05, 4.69) is 4.98 Å². The third kappa shape index (κ3) is 2.50. The second-order valence-electron chi connectivity index (χ2n) is 4.14. The molecule has 0 fully saturated rings. The number of aromatic nitrogens is 1. The minimum atomic E-state index is 0.816. The Morgan fingerprint density at radius 1 is 1.11 bits per heavy atom. The Morgan fingerprint density at radius 2 is 2.05 bits per heavy atom. The Labute approximate surface area is 111 Å². The molecule has 0 amide bonds. The van der Waals surface area contributed by atoms with Crippen LogP contribution in [0.4, 0.5) is 0 Å². The number of methoxy groups -OCH3 is 1. The van der Waals surface area contributed by atoms with Crippen molar-refractivity contribution >= 4 is 23.1 Å². The lowest BCUT2D eigenvalue weighted by Crippen LogP contribution is -1.86. The summed E-state index contributed by atoms with van der Waals surface area (Å²) in [4.78, 5) is 4.57. The van der Waals surface area contributed by atoms with E-state index in [-0.39, 0.29) is 0 Å². The lowest BCUT2D eigenvalue weighted by Gasteiger charge is -2.02. The SMILES string of the molecule is COc1ccc2nc(/C=C/c3ccco3)ccc2c1. The molecule has 0 radical (unpaired) electrons. The van der Waals surface area contributed by atoms with E-state index in [4.69, 9.17) is 9.15 Å². The van der Waals surface area contributed by atoms with Crippen LogP contribution in [0.1, 0.15) is 11.5 Å². The molecule has 2 heterocycles. The van der Waals surface area contributed by atoms with Crippen molar-refractivity contribution in [1.82, 2.24) is 4.98 Å². The van der Waals surface area contributed by atoms with Crippen molar-refractivity contribution in [2.75, 3.05) is 7.11 Å². The minimum Gasteiger partial charge on any atom is -0.497 e. The molecule has 3 aromatic rings. The van der Waals surface area contributed by atoms with Gasteiger partial charge < -0.3 is 9.15 Å². The van der Waals surface area contributed by atoms with Crippen LogP contribution in [-0.2, 0) is 0 Å². The largest absolute Gasteiger partial charge is 0.497 e. The number of rotatable bonds is 3. The molecule has 3 rings (SSSR count). The number of furan rings is 1. The van der Waals surface area contributed by atoms with Crippen LogP contribution in [0.25, 0.3) is 23.1 Å². The van der Waals surface area contributed by atoms with Gasteiger partial charge in [0.15, 0.2) is 0 Å². The highest BCUT2D eigenvalue weighted by molar-refractivity contribution is 5.82. The van der Waals surface area contributed by atoms with Crippen LogP contribution in [-0.4, -0.2) is 12.1 Å². The monoisotopic (exact) mass is 251 g/mol. The fourth-order valence-electron chi connectivity index (χ4n) is 1.89. The molecule has 2 aromatic heterocycles. The van der Waals surface area contributed by atoms with Gasteiger partial charge in [0.1, 0.15) is 11.5 Å². The molecule has 3 heteroatoms. The number of hydrogen-bond donors (Lipinski definition) is 0. The van der Waals surface area contributed by atoms with Crippen molar-refractivity contribution in [2.24, 2.45) is 0 Å². The van der Waals surface area contributed by atoms with Crippen LogP contribution in [0.2, 0.25) is 0 Å². The van der Waals surface area contributed by atoms with Crippen molar-refractivity contribution in [1.29, 1.82) is 0 Å². The van der Waals surface area contributed by atoms with E-state index in [1.807, 2.05) is 54.6 Å². The van der Waals surface area contributed by atoms with Gasteiger partial charge in [0, 0.05) is 5.39 Å². The number of hydrogen-bond acceptors (Lipinski definition) is 3. The summed E-state index contributed by atoms with van der Waals surface area (Å²) in [6, 6.07) is 13.6. The molecular weight excluding hydrogens is 238 g/mol. The van der Waals surface area contributed by atoms with Crippen LogP contribution in [0.5, 0.6) is 5.75 Å². The third-order valence-corrected chi connectivity index (χ3v) is 2.88. The average Bonchev–Trinajstić information content (AvgIpc) is 2.97. The fourth-order valence-corrected chi connectivity index (χ4v) is 1.89. The molecule has 0 bridgehead atoms. The molecule has 0 aliphatic carbocycles. The summed E-state index contributed by atoms with van der Waals surface area (Å²) in [5.41, 5.74) is 1.84. The normalized spacial score (nSPS) is 11.2. The molecule has 94 valence electrons. The van der Waals surface area contributed by atoms with E-state index < -0.39 is 0 Å². The quantitative estimate of drug-likeness (QED) is 0.705. The molecule has 0 aliphatic heterocycles. The third-order valence-electron chi connectivity index (χ3n) is 2.88. The Balaban J connectivity index is 1.93. The highest BCUT2D eigenvalue weighted by atomic mass is 16.5. The van der Waals surface area contributed by atoms with Gasteiger partial charge in [-0.15, -0.1) is 0 Å². The van der Waals surface area contributed by atoms with Gasteiger partial charge in [-0.05, 0) is 48.6 Å². The summed E-state index contributed by atoms with van der Waals surface area (Å²) in [6.07, 6.45) is 5.49. The molecule has 0 aliphatic rings. The topological polar surface area (TPSA) is 35.3 Å². The first-order valence-electron chi connectivity index (χ1n) is 6.01. The van der Waals surface area contributed by atoms with Crippen molar-refractivity contribution in [3.05, 3.63) is 60.2 Å². The van der Waals surface area contributed by atoms with E-state index in [1.165, 1.54) is 0 Å². The summed E-state index contributed by atoms with van der Waals surface area (Å²) in [6.45, 7) is 0. The maximum atomic E-state index is 5.24. The number of fused-ring (bicyclic) bond motifs is 1. The Bertz CT molecular complexity index is 715. The number of ether oxygens (including phenoxy) is 1. The van der Waals surface area contributed by atoms with E-state index in [0.29, 0.717) is 0 Å². The first-order valence-corrected chi connectivity index (χ1v) is 6.01. The van der Waals surface area contributed by atoms with Crippen LogP contribution in [0.3, 0.4) is 0 Å². The van der Waals surface area contributed by atoms with E-state index in [0.717, 1.165) is 28.1 Å². The van der Waals surface area contributed by atoms with Gasteiger partial charge in [0.05, 0.1) is 24.6 Å². The standard InChI is InChI=1S/C16H13NO2/c1-18-15-8-9-16-12(11-15)4-5-13(17-16)6-7-14-3-2-10-19-14/h2-11H,1H3/b7-6+. The maximum Gasteiger partial charge on any atom is 0.126 e. The van der Waals surface area contributed by atoms with Crippen LogP contribution in [0.15, 0.2) is 53.1 Å². The zero-order valence-corrected chi connectivity index (χ0v) is 10.5. The van der Waals surface area contributed by atoms with E-state index in [9.17, 15) is 0 Å². The Kier molecular flexibility index (Phi) is 3.02. The number of nitrogens with zero attached hydrogens (tertiary/aromatic N) is 1. The van der Waals surface area contributed by atoms with E-state index in [1.54, 1.807) is 13.4 Å². The molecule has 0 unspecified atom stereocenters. The van der Waals surface area contributed by atoms with Gasteiger partial charge in [0.2, 0.25) is 0 Å². The molecule has 19 heavy (non-hydrogen) atoms. The van der Waals surface area contributed by atoms with Crippen molar-refractivity contribution < 1.29 is 9.15 Å². The molecule has 0 saturated heterocycles. The van der Waals surface area contributed by atoms with Gasteiger partial charge in [-0.1, -0.05) is 6.07 Å². The molecule has 1 aromatic carbocycles. The van der Waals surface area contributed by atoms with Gasteiger partial charge in [-0.25, -0.2) is 4.98 Å². The highest BCUT2D eigenvalue weighted by Crippen LogP contribution is 2.20. The second-order valence-corrected chi connectivity index (χ2v) is 4.14. The molecule has 0 N–H and O–H groups in total. The lowest BCUT2D eigenvalue weighted by molar-refractivity contribution is 0.415. The summed E-state index contributed by atoms with van der Waals surface area (Å²) >= 11 is 0. The van der Waals surface area contributed by atoms with Crippen LogP contribution >= 0.6 is 0 Å². The summed E-state index contributed by atoms with van der Waals surface area (Å²) in [7, 11) is 1.66. The van der Waals surface area contributed by atoms with Crippen molar-refractivity contribution in [2.45, 2.75) is 0 Å². The van der Waals surface area contributed by atoms with Crippen LogP contribution in [0, 0.1) is 0 Å². The average molecular weight is 251 g/mol. The fraction of sp³-hybridized carbons (Fsp3) is 0.0625. The number of benzene rings is 1. The van der Waals surface area contributed by atoms with Gasteiger partial charge in [0.25, 0.3) is 0 Å². The first-order chi connectivity index (χ1) is 9.35. The first kappa shape index (κ1) is 11.5. The lowest BCUT2D eigenvalue weighted by atomic mass is 10.2. The molecule has 0 atom stereocenters. The summed E-state index contributed by atoms with van der Waals surface area (Å²) in [5, 5.41) is 1.06. The number of pyridine rings is 1. The maximum absolute atomic E-state index is 5.24. The zero-order valence-electron chi connectivity index (χ0n) is 10.5. The molecule has 3 nitrogen and oxygen atoms in total. The Hall–Kier alpha value is -2.55. The molecular formula is C16H13NO2. The van der Waals surface area contributed by atoms with Gasteiger partial charge in [-0.2, -0.15) is 0 Å². The molecule has 0 saturated carbocycles.